The zero-order valence-electron chi connectivity index (χ0n) is 20.4. The van der Waals surface area contributed by atoms with Gasteiger partial charge in [0.25, 0.3) is 0 Å². The third-order valence-corrected chi connectivity index (χ3v) is 6.22. The van der Waals surface area contributed by atoms with Gasteiger partial charge in [-0.15, -0.1) is 0 Å². The first-order chi connectivity index (χ1) is 17.3. The molecule has 0 saturated heterocycles. The van der Waals surface area contributed by atoms with E-state index >= 15 is 0 Å². The van der Waals surface area contributed by atoms with Crippen LogP contribution in [0.15, 0.2) is 66.2 Å². The Balaban J connectivity index is 1.85. The van der Waals surface area contributed by atoms with E-state index in [9.17, 15) is 14.7 Å². The number of carbonyl (C=O) groups excluding carboxylic acids is 1. The summed E-state index contributed by atoms with van der Waals surface area (Å²) in [5, 5.41) is 10.3. The minimum absolute atomic E-state index is 0.00551. The summed E-state index contributed by atoms with van der Waals surface area (Å²) in [4.78, 5) is 26.4. The third-order valence-electron chi connectivity index (χ3n) is 5.66. The van der Waals surface area contributed by atoms with Gasteiger partial charge in [-0.1, -0.05) is 18.2 Å². The summed E-state index contributed by atoms with van der Waals surface area (Å²) in [6, 6.07) is 17.4. The van der Waals surface area contributed by atoms with Gasteiger partial charge in [-0.2, -0.15) is 8.75 Å². The molecule has 1 aromatic heterocycles. The molecule has 3 aromatic carbocycles. The number of Topliss-reactive ketones (excluding diaryl/α,β-unsaturated/α-hetero) is 1. The number of benzene rings is 3. The maximum Gasteiger partial charge on any atom is 0.336 e. The van der Waals surface area contributed by atoms with Crippen molar-refractivity contribution in [2.45, 2.75) is 33.3 Å². The lowest BCUT2D eigenvalue weighted by Gasteiger charge is -2.15. The number of rotatable bonds is 9. The Bertz CT molecular complexity index is 1450. The number of fused-ring (bicyclic) bond motifs is 1. The second kappa shape index (κ2) is 10.7. The van der Waals surface area contributed by atoms with E-state index < -0.39 is 5.97 Å². The standard InChI is InChI=1S/C28H26N2O5S/c1-16(2)35-21-9-6-19(7-10-21)27(31)22(14-18-5-12-25(34-4)17(3)13-18)26(28(32)33)20-8-11-23-24(15-20)30-36-29-23/h5-13,15-16H,14H2,1-4H3,(H,32,33). The first kappa shape index (κ1) is 25.1. The summed E-state index contributed by atoms with van der Waals surface area (Å²) in [6.07, 6.45) is 0.122. The van der Waals surface area contributed by atoms with Gasteiger partial charge in [0.2, 0.25) is 0 Å². The second-order valence-corrected chi connectivity index (χ2v) is 9.16. The Morgan fingerprint density at radius 2 is 1.64 bits per heavy atom. The molecule has 0 aliphatic carbocycles. The summed E-state index contributed by atoms with van der Waals surface area (Å²) in [5.74, 6) is -0.201. The molecule has 0 bridgehead atoms. The van der Waals surface area contributed by atoms with Crippen LogP contribution in [0, 0.1) is 6.92 Å². The van der Waals surface area contributed by atoms with Crippen molar-refractivity contribution in [3.63, 3.8) is 0 Å². The largest absolute Gasteiger partial charge is 0.496 e. The average Bonchev–Trinajstić information content (AvgIpc) is 3.31. The molecule has 0 saturated carbocycles. The highest BCUT2D eigenvalue weighted by Crippen LogP contribution is 2.29. The number of nitrogens with zero attached hydrogens (tertiary/aromatic N) is 2. The normalized spacial score (nSPS) is 11.9. The van der Waals surface area contributed by atoms with Crippen LogP contribution in [0.3, 0.4) is 0 Å². The summed E-state index contributed by atoms with van der Waals surface area (Å²) in [6.45, 7) is 5.75. The van der Waals surface area contributed by atoms with Crippen LogP contribution in [0.1, 0.15) is 40.9 Å². The van der Waals surface area contributed by atoms with Crippen molar-refractivity contribution in [3.05, 3.63) is 88.5 Å². The van der Waals surface area contributed by atoms with Gasteiger partial charge >= 0.3 is 5.97 Å². The molecule has 0 aliphatic rings. The number of methoxy groups -OCH3 is 1. The Morgan fingerprint density at radius 3 is 2.28 bits per heavy atom. The first-order valence-corrected chi connectivity index (χ1v) is 12.1. The van der Waals surface area contributed by atoms with Crippen molar-refractivity contribution >= 4 is 40.1 Å². The SMILES string of the molecule is COc1ccc(CC(C(=O)c2ccc(OC(C)C)cc2)=C(C(=O)O)c2ccc3nsnc3c2)cc1C. The van der Waals surface area contributed by atoms with E-state index in [2.05, 4.69) is 8.75 Å². The van der Waals surface area contributed by atoms with Crippen LogP contribution >= 0.6 is 11.7 Å². The number of carbonyl (C=O) groups is 2. The van der Waals surface area contributed by atoms with Gasteiger partial charge < -0.3 is 14.6 Å². The van der Waals surface area contributed by atoms with Crippen LogP contribution < -0.4 is 9.47 Å². The molecule has 0 aliphatic heterocycles. The van der Waals surface area contributed by atoms with E-state index in [1.807, 2.05) is 39.0 Å². The number of hydrogen-bond acceptors (Lipinski definition) is 7. The maximum absolute atomic E-state index is 13.8. The Kier molecular flexibility index (Phi) is 7.45. The number of aromatic nitrogens is 2. The van der Waals surface area contributed by atoms with Gasteiger partial charge in [0, 0.05) is 17.6 Å². The highest BCUT2D eigenvalue weighted by Gasteiger charge is 2.24. The van der Waals surface area contributed by atoms with Crippen LogP contribution in [0.2, 0.25) is 0 Å². The predicted molar refractivity (Wildman–Crippen MR) is 140 cm³/mol. The van der Waals surface area contributed by atoms with Crippen molar-refractivity contribution in [1.82, 2.24) is 8.75 Å². The van der Waals surface area contributed by atoms with Gasteiger partial charge in [0.1, 0.15) is 22.5 Å². The zero-order chi connectivity index (χ0) is 25.8. The topological polar surface area (TPSA) is 98.6 Å². The van der Waals surface area contributed by atoms with Gasteiger partial charge in [-0.25, -0.2) is 4.79 Å². The van der Waals surface area contributed by atoms with Crippen LogP contribution in [0.4, 0.5) is 0 Å². The van der Waals surface area contributed by atoms with Crippen molar-refractivity contribution < 1.29 is 24.2 Å². The molecule has 0 fully saturated rings. The number of hydrogen-bond donors (Lipinski definition) is 1. The molecule has 36 heavy (non-hydrogen) atoms. The molecule has 0 atom stereocenters. The smallest absolute Gasteiger partial charge is 0.336 e. The number of aliphatic carboxylic acids is 1. The van der Waals surface area contributed by atoms with Gasteiger partial charge in [-0.3, -0.25) is 4.79 Å². The van der Waals surface area contributed by atoms with E-state index in [-0.39, 0.29) is 29.5 Å². The number of allylic oxidation sites excluding steroid dienone is 1. The van der Waals surface area contributed by atoms with Crippen LogP contribution in [0.5, 0.6) is 11.5 Å². The Hall–Kier alpha value is -4.04. The molecule has 184 valence electrons. The molecular formula is C28H26N2O5S. The predicted octanol–water partition coefficient (Wildman–Crippen LogP) is 5.76. The number of carboxylic acid groups (broad SMARTS) is 1. The zero-order valence-corrected chi connectivity index (χ0v) is 21.3. The van der Waals surface area contributed by atoms with Crippen molar-refractivity contribution in [2.75, 3.05) is 7.11 Å². The van der Waals surface area contributed by atoms with Crippen LogP contribution in [0.25, 0.3) is 16.6 Å². The number of ether oxygens (including phenoxy) is 2. The summed E-state index contributed by atoms with van der Waals surface area (Å²) in [5.41, 5.74) is 3.83. The summed E-state index contributed by atoms with van der Waals surface area (Å²) >= 11 is 1.05. The number of ketones is 1. The fraction of sp³-hybridized carbons (Fsp3) is 0.214. The van der Waals surface area contributed by atoms with E-state index in [1.54, 1.807) is 49.6 Å². The van der Waals surface area contributed by atoms with Gasteiger partial charge in [0.05, 0.1) is 30.5 Å². The molecule has 1 N–H and O–H groups in total. The van der Waals surface area contributed by atoms with E-state index in [0.29, 0.717) is 27.9 Å². The van der Waals surface area contributed by atoms with Crippen molar-refractivity contribution in [1.29, 1.82) is 0 Å². The van der Waals surface area contributed by atoms with Crippen LogP contribution in [-0.2, 0) is 11.2 Å². The maximum atomic E-state index is 13.8. The average molecular weight is 503 g/mol. The molecule has 8 heteroatoms. The van der Waals surface area contributed by atoms with Crippen molar-refractivity contribution in [3.8, 4) is 11.5 Å². The lowest BCUT2D eigenvalue weighted by atomic mass is 9.89. The van der Waals surface area contributed by atoms with E-state index in [0.717, 1.165) is 28.6 Å². The second-order valence-electron chi connectivity index (χ2n) is 8.63. The summed E-state index contributed by atoms with van der Waals surface area (Å²) < 4.78 is 19.5. The Labute approximate surface area is 213 Å². The van der Waals surface area contributed by atoms with Crippen molar-refractivity contribution in [2.24, 2.45) is 0 Å². The van der Waals surface area contributed by atoms with Gasteiger partial charge in [0.15, 0.2) is 5.78 Å². The molecule has 0 spiro atoms. The lowest BCUT2D eigenvalue weighted by Crippen LogP contribution is -2.14. The number of aryl methyl sites for hydroxylation is 1. The molecule has 7 nitrogen and oxygen atoms in total. The highest BCUT2D eigenvalue weighted by molar-refractivity contribution is 7.00. The van der Waals surface area contributed by atoms with Gasteiger partial charge in [-0.05, 0) is 79.9 Å². The lowest BCUT2D eigenvalue weighted by molar-refractivity contribution is -0.130. The molecule has 0 radical (unpaired) electrons. The van der Waals surface area contributed by atoms with Crippen LogP contribution in [-0.4, -0.2) is 38.8 Å². The van der Waals surface area contributed by atoms with E-state index in [1.165, 1.54) is 0 Å². The molecule has 4 rings (SSSR count). The fourth-order valence-corrected chi connectivity index (χ4v) is 4.55. The Morgan fingerprint density at radius 1 is 0.944 bits per heavy atom. The fourth-order valence-electron chi connectivity index (χ4n) is 4.03. The molecule has 0 amide bonds. The molecule has 1 heterocycles. The quantitative estimate of drug-likeness (QED) is 0.229. The first-order valence-electron chi connectivity index (χ1n) is 11.4. The molecular weight excluding hydrogens is 476 g/mol. The number of carboxylic acids is 1. The summed E-state index contributed by atoms with van der Waals surface area (Å²) in [7, 11) is 1.59. The third kappa shape index (κ3) is 5.44. The minimum Gasteiger partial charge on any atom is -0.496 e. The van der Waals surface area contributed by atoms with E-state index in [4.69, 9.17) is 9.47 Å². The molecule has 4 aromatic rings. The molecule has 0 unspecified atom stereocenters. The monoisotopic (exact) mass is 502 g/mol. The minimum atomic E-state index is -1.19. The highest BCUT2D eigenvalue weighted by atomic mass is 32.1.